The van der Waals surface area contributed by atoms with Gasteiger partial charge in [0.2, 0.25) is 5.69 Å². The quantitative estimate of drug-likeness (QED) is 0.684. The average Bonchev–Trinajstić information content (AvgIpc) is 3.40. The summed E-state index contributed by atoms with van der Waals surface area (Å²) in [5.41, 5.74) is 0.411. The number of amides is 1. The van der Waals surface area contributed by atoms with Crippen molar-refractivity contribution in [2.75, 3.05) is 13.1 Å². The molecule has 1 amide bonds. The molecule has 1 fully saturated rings. The van der Waals surface area contributed by atoms with Gasteiger partial charge in [-0.2, -0.15) is 5.26 Å². The van der Waals surface area contributed by atoms with E-state index in [1.54, 1.807) is 11.0 Å². The molecule has 3 aromatic heterocycles. The standard InChI is InChI=1S/C18H15N5O3S/c19-10-14-17(21-6-5-20-14)25-12-3-1-7-23(11-12)18(24)13-9-15(26-22-13)16-4-2-8-27-16/h2,4-6,8-9,12H,1,3,7,11H2. The highest BCUT2D eigenvalue weighted by molar-refractivity contribution is 7.13. The molecular weight excluding hydrogens is 366 g/mol. The topological polar surface area (TPSA) is 105 Å². The molecule has 0 spiro atoms. The molecule has 3 aromatic rings. The number of hydrogen-bond donors (Lipinski definition) is 0. The number of rotatable bonds is 4. The molecule has 0 radical (unpaired) electrons. The summed E-state index contributed by atoms with van der Waals surface area (Å²) in [4.78, 5) is 23.4. The van der Waals surface area contributed by atoms with Crippen LogP contribution in [0.1, 0.15) is 29.0 Å². The van der Waals surface area contributed by atoms with Crippen molar-refractivity contribution in [2.24, 2.45) is 0 Å². The molecule has 0 N–H and O–H groups in total. The van der Waals surface area contributed by atoms with Gasteiger partial charge in [-0.1, -0.05) is 11.2 Å². The molecular formula is C18H15N5O3S. The van der Waals surface area contributed by atoms with Gasteiger partial charge in [0.25, 0.3) is 11.8 Å². The highest BCUT2D eigenvalue weighted by atomic mass is 32.1. The first-order chi connectivity index (χ1) is 13.2. The Kier molecular flexibility index (Phi) is 4.80. The minimum Gasteiger partial charge on any atom is -0.470 e. The zero-order chi connectivity index (χ0) is 18.6. The van der Waals surface area contributed by atoms with Gasteiger partial charge in [-0.15, -0.1) is 11.3 Å². The predicted molar refractivity (Wildman–Crippen MR) is 96.1 cm³/mol. The van der Waals surface area contributed by atoms with Gasteiger partial charge in [-0.05, 0) is 24.3 Å². The van der Waals surface area contributed by atoms with Crippen LogP contribution in [-0.2, 0) is 0 Å². The Balaban J connectivity index is 1.45. The van der Waals surface area contributed by atoms with Crippen LogP contribution in [0.4, 0.5) is 0 Å². The first-order valence-electron chi connectivity index (χ1n) is 8.42. The summed E-state index contributed by atoms with van der Waals surface area (Å²) in [7, 11) is 0. The first kappa shape index (κ1) is 17.2. The normalized spacial score (nSPS) is 16.7. The minimum absolute atomic E-state index is 0.137. The minimum atomic E-state index is -0.254. The van der Waals surface area contributed by atoms with Crippen LogP contribution >= 0.6 is 11.3 Å². The van der Waals surface area contributed by atoms with Gasteiger partial charge in [0.1, 0.15) is 12.2 Å². The van der Waals surface area contributed by atoms with Crippen LogP contribution in [0.15, 0.2) is 40.5 Å². The van der Waals surface area contributed by atoms with E-state index in [2.05, 4.69) is 15.1 Å². The van der Waals surface area contributed by atoms with Crippen molar-refractivity contribution >= 4 is 17.2 Å². The van der Waals surface area contributed by atoms with Crippen LogP contribution in [0, 0.1) is 11.3 Å². The maximum absolute atomic E-state index is 12.8. The van der Waals surface area contributed by atoms with E-state index in [1.165, 1.54) is 23.7 Å². The second kappa shape index (κ2) is 7.55. The molecule has 0 bridgehead atoms. The van der Waals surface area contributed by atoms with Crippen molar-refractivity contribution in [1.82, 2.24) is 20.0 Å². The molecule has 1 aliphatic rings. The summed E-state index contributed by atoms with van der Waals surface area (Å²) >= 11 is 1.52. The van der Waals surface area contributed by atoms with Crippen LogP contribution in [-0.4, -0.2) is 45.1 Å². The number of nitriles is 1. The highest BCUT2D eigenvalue weighted by Gasteiger charge is 2.28. The lowest BCUT2D eigenvalue weighted by Crippen LogP contribution is -2.44. The maximum atomic E-state index is 12.8. The van der Waals surface area contributed by atoms with Crippen LogP contribution < -0.4 is 4.74 Å². The Morgan fingerprint density at radius 3 is 3.11 bits per heavy atom. The van der Waals surface area contributed by atoms with Crippen LogP contribution in [0.5, 0.6) is 5.88 Å². The molecule has 0 aliphatic carbocycles. The number of nitrogens with zero attached hydrogens (tertiary/aromatic N) is 5. The van der Waals surface area contributed by atoms with Gasteiger partial charge in [-0.3, -0.25) is 4.79 Å². The molecule has 1 saturated heterocycles. The number of carbonyl (C=O) groups excluding carboxylic acids is 1. The summed E-state index contributed by atoms with van der Waals surface area (Å²) in [6, 6.07) is 7.45. The fourth-order valence-corrected chi connectivity index (χ4v) is 3.61. The summed E-state index contributed by atoms with van der Waals surface area (Å²) in [6.45, 7) is 1.01. The molecule has 1 unspecified atom stereocenters. The average molecular weight is 381 g/mol. The largest absolute Gasteiger partial charge is 0.470 e. The van der Waals surface area contributed by atoms with E-state index < -0.39 is 0 Å². The SMILES string of the molecule is N#Cc1nccnc1OC1CCCN(C(=O)c2cc(-c3cccs3)on2)C1. The molecule has 0 saturated carbocycles. The maximum Gasteiger partial charge on any atom is 0.276 e. The van der Waals surface area contributed by atoms with Crippen LogP contribution in [0.2, 0.25) is 0 Å². The van der Waals surface area contributed by atoms with Gasteiger partial charge in [-0.25, -0.2) is 9.97 Å². The number of aromatic nitrogens is 3. The summed E-state index contributed by atoms with van der Waals surface area (Å²) in [5, 5.41) is 15.0. The second-order valence-corrected chi connectivity index (χ2v) is 6.96. The van der Waals surface area contributed by atoms with Gasteiger partial charge < -0.3 is 14.2 Å². The zero-order valence-electron chi connectivity index (χ0n) is 14.2. The third-order valence-corrected chi connectivity index (χ3v) is 5.09. The molecule has 1 atom stereocenters. The third-order valence-electron chi connectivity index (χ3n) is 4.21. The van der Waals surface area contributed by atoms with Crippen LogP contribution in [0.3, 0.4) is 0 Å². The van der Waals surface area contributed by atoms with E-state index in [-0.39, 0.29) is 29.3 Å². The Morgan fingerprint density at radius 1 is 1.41 bits per heavy atom. The van der Waals surface area contributed by atoms with Crippen molar-refractivity contribution in [3.63, 3.8) is 0 Å². The monoisotopic (exact) mass is 381 g/mol. The number of carbonyl (C=O) groups is 1. The molecule has 136 valence electrons. The summed E-state index contributed by atoms with van der Waals surface area (Å²) in [6.07, 6.45) is 4.22. The fourth-order valence-electron chi connectivity index (χ4n) is 2.94. The van der Waals surface area contributed by atoms with E-state index in [9.17, 15) is 4.79 Å². The van der Waals surface area contributed by atoms with Gasteiger partial charge >= 0.3 is 0 Å². The smallest absolute Gasteiger partial charge is 0.276 e. The predicted octanol–water partition coefficient (Wildman–Crippen LogP) is 2.75. The number of likely N-dealkylation sites (tertiary alicyclic amines) is 1. The Hall–Kier alpha value is -3.25. The van der Waals surface area contributed by atoms with E-state index >= 15 is 0 Å². The molecule has 1 aliphatic heterocycles. The molecule has 4 heterocycles. The van der Waals surface area contributed by atoms with Crippen LogP contribution in [0.25, 0.3) is 10.6 Å². The Labute approximate surface area is 159 Å². The van der Waals surface area contributed by atoms with Crippen molar-refractivity contribution in [1.29, 1.82) is 5.26 Å². The van der Waals surface area contributed by atoms with E-state index in [1.807, 2.05) is 23.6 Å². The summed E-state index contributed by atoms with van der Waals surface area (Å²) < 4.78 is 11.1. The van der Waals surface area contributed by atoms with Gasteiger partial charge in [0, 0.05) is 25.0 Å². The second-order valence-electron chi connectivity index (χ2n) is 6.01. The lowest BCUT2D eigenvalue weighted by molar-refractivity contribution is 0.0517. The number of thiophene rings is 1. The van der Waals surface area contributed by atoms with Crippen molar-refractivity contribution < 1.29 is 14.1 Å². The van der Waals surface area contributed by atoms with E-state index in [0.29, 0.717) is 18.8 Å². The number of ether oxygens (including phenoxy) is 1. The lowest BCUT2D eigenvalue weighted by atomic mass is 10.1. The number of piperidine rings is 1. The van der Waals surface area contributed by atoms with E-state index in [4.69, 9.17) is 14.5 Å². The lowest BCUT2D eigenvalue weighted by Gasteiger charge is -2.32. The Morgan fingerprint density at radius 2 is 2.30 bits per heavy atom. The molecule has 0 aromatic carbocycles. The zero-order valence-corrected chi connectivity index (χ0v) is 15.1. The van der Waals surface area contributed by atoms with Crippen molar-refractivity contribution in [2.45, 2.75) is 18.9 Å². The molecule has 8 nitrogen and oxygen atoms in total. The number of hydrogen-bond acceptors (Lipinski definition) is 8. The van der Waals surface area contributed by atoms with Gasteiger partial charge in [0.15, 0.2) is 11.5 Å². The van der Waals surface area contributed by atoms with Gasteiger partial charge in [0.05, 0.1) is 11.4 Å². The van der Waals surface area contributed by atoms with E-state index in [0.717, 1.165) is 17.7 Å². The fraction of sp³-hybridized carbons (Fsp3) is 0.278. The third kappa shape index (κ3) is 3.66. The molecule has 9 heteroatoms. The molecule has 4 rings (SSSR count). The first-order valence-corrected chi connectivity index (χ1v) is 9.30. The Bertz CT molecular complexity index is 979. The highest BCUT2D eigenvalue weighted by Crippen LogP contribution is 2.26. The van der Waals surface area contributed by atoms with Crippen molar-refractivity contribution in [3.8, 4) is 22.6 Å². The summed E-state index contributed by atoms with van der Waals surface area (Å²) in [5.74, 6) is 0.576. The molecule has 27 heavy (non-hydrogen) atoms. The van der Waals surface area contributed by atoms with Crippen molar-refractivity contribution in [3.05, 3.63) is 47.4 Å².